The van der Waals surface area contributed by atoms with E-state index in [0.29, 0.717) is 11.4 Å². The predicted octanol–water partition coefficient (Wildman–Crippen LogP) is 5.92. The molecular formula is C30H26ClF2N5O2. The summed E-state index contributed by atoms with van der Waals surface area (Å²) in [5.74, 6) is -4.57. The zero-order chi connectivity index (χ0) is 28.4. The number of nitrogens with zero attached hydrogens (tertiary/aromatic N) is 4. The zero-order valence-corrected chi connectivity index (χ0v) is 22.6. The molecule has 2 aromatic heterocycles. The Hall–Kier alpha value is -4.37. The van der Waals surface area contributed by atoms with Crippen molar-refractivity contribution in [2.75, 3.05) is 11.4 Å². The number of hydrogen-bond acceptors (Lipinski definition) is 4. The van der Waals surface area contributed by atoms with Crippen molar-refractivity contribution in [3.63, 3.8) is 0 Å². The average molecular weight is 562 g/mol. The van der Waals surface area contributed by atoms with Gasteiger partial charge in [-0.05, 0) is 56.3 Å². The maximum absolute atomic E-state index is 15.5. The van der Waals surface area contributed by atoms with Crippen molar-refractivity contribution in [2.45, 2.75) is 32.7 Å². The summed E-state index contributed by atoms with van der Waals surface area (Å²) in [5, 5.41) is 7.15. The van der Waals surface area contributed by atoms with Crippen molar-refractivity contribution in [3.8, 4) is 5.69 Å². The van der Waals surface area contributed by atoms with Gasteiger partial charge in [0.2, 0.25) is 5.91 Å². The number of rotatable bonds is 5. The number of hydrogen-bond donors (Lipinski definition) is 1. The van der Waals surface area contributed by atoms with Crippen LogP contribution >= 0.6 is 11.6 Å². The van der Waals surface area contributed by atoms with E-state index in [1.54, 1.807) is 53.3 Å². The lowest BCUT2D eigenvalue weighted by Crippen LogP contribution is -2.33. The van der Waals surface area contributed by atoms with Crippen LogP contribution in [0.1, 0.15) is 39.4 Å². The summed E-state index contributed by atoms with van der Waals surface area (Å²) in [5.41, 5.74) is 2.96. The Morgan fingerprint density at radius 3 is 2.58 bits per heavy atom. The summed E-state index contributed by atoms with van der Waals surface area (Å²) < 4.78 is 32.7. The number of fused-ring (bicyclic) bond motifs is 1. The largest absolute Gasteiger partial charge is 0.347 e. The van der Waals surface area contributed by atoms with Gasteiger partial charge in [0.15, 0.2) is 0 Å². The number of allylic oxidation sites excluding steroid dienone is 1. The number of benzene rings is 2. The molecule has 0 fully saturated rings. The molecule has 1 aliphatic rings. The second kappa shape index (κ2) is 11.0. The molecule has 10 heteroatoms. The van der Waals surface area contributed by atoms with Crippen LogP contribution in [0.15, 0.2) is 79.0 Å². The molecular weight excluding hydrogens is 536 g/mol. The molecule has 0 saturated heterocycles. The normalized spacial score (nSPS) is 15.4. The Labute approximate surface area is 235 Å². The first kappa shape index (κ1) is 27.2. The highest BCUT2D eigenvalue weighted by molar-refractivity contribution is 6.34. The molecule has 40 heavy (non-hydrogen) atoms. The zero-order valence-electron chi connectivity index (χ0n) is 21.9. The van der Waals surface area contributed by atoms with Crippen LogP contribution in [0.3, 0.4) is 0 Å². The first-order chi connectivity index (χ1) is 19.1. The van der Waals surface area contributed by atoms with Gasteiger partial charge < -0.3 is 10.2 Å². The molecule has 0 bridgehead atoms. The van der Waals surface area contributed by atoms with Crippen molar-refractivity contribution in [3.05, 3.63) is 112 Å². The number of anilines is 1. The second-order valence-electron chi connectivity index (χ2n) is 9.54. The summed E-state index contributed by atoms with van der Waals surface area (Å²) >= 11 is 6.51. The predicted molar refractivity (Wildman–Crippen MR) is 150 cm³/mol. The van der Waals surface area contributed by atoms with Crippen LogP contribution in [-0.4, -0.2) is 39.0 Å². The number of aryl methyl sites for hydroxylation is 2. The highest BCUT2D eigenvalue weighted by atomic mass is 35.5. The molecule has 0 saturated carbocycles. The number of carbonyl (C=O) groups excluding carboxylic acids is 2. The summed E-state index contributed by atoms with van der Waals surface area (Å²) in [7, 11) is 0. The minimum atomic E-state index is -3.37. The van der Waals surface area contributed by atoms with E-state index >= 15 is 8.78 Å². The monoisotopic (exact) mass is 561 g/mol. The molecule has 4 aromatic rings. The van der Waals surface area contributed by atoms with Crippen molar-refractivity contribution < 1.29 is 18.4 Å². The first-order valence-corrected chi connectivity index (χ1v) is 13.0. The van der Waals surface area contributed by atoms with Crippen molar-refractivity contribution in [2.24, 2.45) is 0 Å². The number of aromatic nitrogens is 3. The Morgan fingerprint density at radius 2 is 1.85 bits per heavy atom. The average Bonchev–Trinajstić information content (AvgIpc) is 3.32. The van der Waals surface area contributed by atoms with Gasteiger partial charge >= 0.3 is 0 Å². The summed E-state index contributed by atoms with van der Waals surface area (Å²) in [4.78, 5) is 32.0. The highest BCUT2D eigenvalue weighted by Gasteiger charge is 2.41. The fraction of sp³-hybridized carbons (Fsp3) is 0.200. The van der Waals surface area contributed by atoms with E-state index in [-0.39, 0.29) is 34.9 Å². The minimum absolute atomic E-state index is 0.0920. The fourth-order valence-electron chi connectivity index (χ4n) is 4.62. The van der Waals surface area contributed by atoms with E-state index in [2.05, 4.69) is 15.4 Å². The second-order valence-corrected chi connectivity index (χ2v) is 9.95. The first-order valence-electron chi connectivity index (χ1n) is 12.7. The Bertz CT molecular complexity index is 1630. The van der Waals surface area contributed by atoms with Crippen LogP contribution in [-0.2, 0) is 11.3 Å². The maximum Gasteiger partial charge on any atom is 0.275 e. The van der Waals surface area contributed by atoms with Crippen molar-refractivity contribution in [1.29, 1.82) is 0 Å². The van der Waals surface area contributed by atoms with Gasteiger partial charge in [-0.15, -0.1) is 0 Å². The van der Waals surface area contributed by atoms with E-state index in [1.807, 2.05) is 32.0 Å². The lowest BCUT2D eigenvalue weighted by atomic mass is 9.97. The fourth-order valence-corrected chi connectivity index (χ4v) is 4.87. The molecule has 7 nitrogen and oxygen atoms in total. The molecule has 1 N–H and O–H groups in total. The van der Waals surface area contributed by atoms with E-state index < -0.39 is 29.7 Å². The van der Waals surface area contributed by atoms with E-state index in [9.17, 15) is 9.59 Å². The topological polar surface area (TPSA) is 80.1 Å². The number of halogens is 3. The Kier molecular flexibility index (Phi) is 7.49. The standard InChI is InChI=1S/C30H26ClF2N5O2/c1-19-6-5-7-21(35-19)18-34-28(39)17-25-23-8-3-4-9-27(23)37(15-13-30(25,32)33)29(40)24-11-10-22(16-26(24)31)38-14-12-20(2)36-38/h3-12,14,16-17H,13,15,18H2,1-2H3,(H,34,39). The van der Waals surface area contributed by atoms with Gasteiger partial charge in [0.1, 0.15) is 0 Å². The lowest BCUT2D eigenvalue weighted by Gasteiger charge is -2.23. The van der Waals surface area contributed by atoms with Crippen LogP contribution in [0.2, 0.25) is 5.02 Å². The Morgan fingerprint density at radius 1 is 1.05 bits per heavy atom. The summed E-state index contributed by atoms with van der Waals surface area (Å²) in [6.45, 7) is 3.50. The van der Waals surface area contributed by atoms with Gasteiger partial charge in [-0.1, -0.05) is 35.9 Å². The molecule has 0 spiro atoms. The van der Waals surface area contributed by atoms with Crippen LogP contribution in [0, 0.1) is 13.8 Å². The SMILES string of the molecule is Cc1cccc(CNC(=O)C=C2c3ccccc3N(C(=O)c3ccc(-n4ccc(C)n4)cc3Cl)CCC2(F)F)n1. The van der Waals surface area contributed by atoms with Crippen LogP contribution < -0.4 is 10.2 Å². The van der Waals surface area contributed by atoms with Crippen molar-refractivity contribution in [1.82, 2.24) is 20.1 Å². The van der Waals surface area contributed by atoms with Crippen molar-refractivity contribution >= 4 is 34.7 Å². The molecule has 2 amide bonds. The summed E-state index contributed by atoms with van der Waals surface area (Å²) in [6.07, 6.45) is 2.02. The number of pyridine rings is 1. The highest BCUT2D eigenvalue weighted by Crippen LogP contribution is 2.43. The molecule has 5 rings (SSSR count). The quantitative estimate of drug-likeness (QED) is 0.307. The van der Waals surface area contributed by atoms with Gasteiger partial charge in [-0.25, -0.2) is 13.5 Å². The number of para-hydroxylation sites is 1. The van der Waals surface area contributed by atoms with E-state index in [0.717, 1.165) is 17.5 Å². The van der Waals surface area contributed by atoms with Gasteiger partial charge in [0, 0.05) is 42.1 Å². The van der Waals surface area contributed by atoms with Crippen LogP contribution in [0.5, 0.6) is 0 Å². The number of carbonyl (C=O) groups is 2. The smallest absolute Gasteiger partial charge is 0.275 e. The van der Waals surface area contributed by atoms with Crippen LogP contribution in [0.25, 0.3) is 11.3 Å². The minimum Gasteiger partial charge on any atom is -0.347 e. The third-order valence-electron chi connectivity index (χ3n) is 6.61. The van der Waals surface area contributed by atoms with Gasteiger partial charge in [-0.2, -0.15) is 5.10 Å². The van der Waals surface area contributed by atoms with E-state index in [4.69, 9.17) is 11.6 Å². The van der Waals surface area contributed by atoms with Gasteiger partial charge in [0.05, 0.1) is 39.9 Å². The number of nitrogens with one attached hydrogen (secondary N) is 1. The molecule has 204 valence electrons. The Balaban J connectivity index is 1.45. The molecule has 0 radical (unpaired) electrons. The van der Waals surface area contributed by atoms with E-state index in [1.165, 1.54) is 11.0 Å². The molecule has 0 atom stereocenters. The van der Waals surface area contributed by atoms with Gasteiger partial charge in [-0.3, -0.25) is 14.6 Å². The van der Waals surface area contributed by atoms with Gasteiger partial charge in [0.25, 0.3) is 11.8 Å². The number of alkyl halides is 2. The molecule has 0 aliphatic carbocycles. The molecule has 2 aromatic carbocycles. The maximum atomic E-state index is 15.5. The molecule has 1 aliphatic heterocycles. The molecule has 0 unspecified atom stereocenters. The third kappa shape index (κ3) is 5.65. The number of amides is 2. The third-order valence-corrected chi connectivity index (χ3v) is 6.92. The molecule has 3 heterocycles. The lowest BCUT2D eigenvalue weighted by molar-refractivity contribution is -0.116. The van der Waals surface area contributed by atoms with Crippen LogP contribution in [0.4, 0.5) is 14.5 Å². The summed E-state index contributed by atoms with van der Waals surface area (Å²) in [6, 6.07) is 18.4.